The van der Waals surface area contributed by atoms with E-state index in [-0.39, 0.29) is 0 Å². The van der Waals surface area contributed by atoms with Crippen molar-refractivity contribution in [2.24, 2.45) is 0 Å². The number of hydrogen-bond acceptors (Lipinski definition) is 4. The molecule has 1 aliphatic heterocycles. The van der Waals surface area contributed by atoms with Crippen molar-refractivity contribution in [1.82, 2.24) is 0 Å². The lowest BCUT2D eigenvalue weighted by Crippen LogP contribution is -2.34. The minimum atomic E-state index is -0.727. The van der Waals surface area contributed by atoms with Crippen LogP contribution >= 0.6 is 35.0 Å². The molecule has 0 atom stereocenters. The van der Waals surface area contributed by atoms with Crippen molar-refractivity contribution in [3.05, 3.63) is 52.0 Å². The lowest BCUT2D eigenvalue weighted by molar-refractivity contribution is 0.0418. The van der Waals surface area contributed by atoms with Crippen LogP contribution in [0.4, 0.5) is 10.5 Å². The van der Waals surface area contributed by atoms with Crippen LogP contribution in [0.3, 0.4) is 0 Å². The number of anilines is 1. The highest BCUT2D eigenvalue weighted by molar-refractivity contribution is 7.99. The Labute approximate surface area is 173 Å². The third-order valence-corrected chi connectivity index (χ3v) is 5.83. The quantitative estimate of drug-likeness (QED) is 0.393. The molecule has 7 heteroatoms. The number of fused-ring (bicyclic) bond motifs is 1. The minimum absolute atomic E-state index is 0.474. The topological polar surface area (TPSA) is 47.6 Å². The first kappa shape index (κ1) is 20.2. The molecule has 0 aliphatic carbocycles. The van der Waals surface area contributed by atoms with E-state index in [0.717, 1.165) is 29.2 Å². The number of amides is 1. The van der Waals surface area contributed by atoms with Crippen molar-refractivity contribution < 1.29 is 14.3 Å². The van der Waals surface area contributed by atoms with Gasteiger partial charge in [0.05, 0.1) is 17.3 Å². The van der Waals surface area contributed by atoms with E-state index < -0.39 is 11.7 Å². The molecule has 0 fully saturated rings. The molecule has 2 aromatic rings. The van der Waals surface area contributed by atoms with Crippen LogP contribution in [0, 0.1) is 0 Å². The van der Waals surface area contributed by atoms with Crippen molar-refractivity contribution in [3.63, 3.8) is 0 Å². The maximum absolute atomic E-state index is 11.6. The molecule has 0 spiro atoms. The average molecular weight is 426 g/mol. The van der Waals surface area contributed by atoms with Gasteiger partial charge in [0.2, 0.25) is 0 Å². The second-order valence-electron chi connectivity index (χ2n) is 6.71. The van der Waals surface area contributed by atoms with Crippen molar-refractivity contribution in [2.75, 3.05) is 17.7 Å². The fraction of sp³-hybridized carbons (Fsp3) is 0.350. The van der Waals surface area contributed by atoms with E-state index in [4.69, 9.17) is 32.7 Å². The molecule has 0 saturated heterocycles. The summed E-state index contributed by atoms with van der Waals surface area (Å²) in [4.78, 5) is 12.8. The summed E-state index contributed by atoms with van der Waals surface area (Å²) in [5.74, 6) is 1.61. The zero-order valence-electron chi connectivity index (χ0n) is 15.2. The van der Waals surface area contributed by atoms with Gasteiger partial charge in [-0.3, -0.25) is 5.32 Å². The van der Waals surface area contributed by atoms with Crippen LogP contribution in [0.1, 0.15) is 32.3 Å². The molecule has 0 aromatic heterocycles. The molecule has 4 nitrogen and oxygen atoms in total. The van der Waals surface area contributed by atoms with Gasteiger partial charge in [0, 0.05) is 15.5 Å². The van der Waals surface area contributed by atoms with Gasteiger partial charge in [-0.15, -0.1) is 11.8 Å². The number of unbranched alkanes of at least 4 members (excludes halogenated alkanes) is 1. The van der Waals surface area contributed by atoms with E-state index in [2.05, 4.69) is 5.32 Å². The van der Waals surface area contributed by atoms with Crippen LogP contribution < -0.4 is 10.1 Å². The Balaban J connectivity index is 1.50. The van der Waals surface area contributed by atoms with Crippen LogP contribution in [0.2, 0.25) is 10.0 Å². The van der Waals surface area contributed by atoms with Crippen molar-refractivity contribution in [1.29, 1.82) is 0 Å². The second-order valence-corrected chi connectivity index (χ2v) is 8.72. The summed E-state index contributed by atoms with van der Waals surface area (Å²) in [6.07, 6.45) is 1.47. The summed E-state index contributed by atoms with van der Waals surface area (Å²) in [7, 11) is 0. The Hall–Kier alpha value is -1.56. The number of nitrogens with one attached hydrogen (secondary N) is 1. The average Bonchev–Trinajstić information content (AvgIpc) is 2.59. The number of halogens is 2. The first-order valence-electron chi connectivity index (χ1n) is 8.70. The summed E-state index contributed by atoms with van der Waals surface area (Å²) in [6.45, 7) is 4.26. The zero-order chi connectivity index (χ0) is 19.4. The molecule has 0 radical (unpaired) electrons. The summed E-state index contributed by atoms with van der Waals surface area (Å²) >= 11 is 14.0. The molecule has 27 heavy (non-hydrogen) atoms. The fourth-order valence-electron chi connectivity index (χ4n) is 2.79. The number of hydrogen-bond donors (Lipinski definition) is 1. The van der Waals surface area contributed by atoms with Gasteiger partial charge in [0.25, 0.3) is 0 Å². The van der Waals surface area contributed by atoms with Gasteiger partial charge in [0.1, 0.15) is 11.4 Å². The van der Waals surface area contributed by atoms with Crippen LogP contribution in [0.15, 0.2) is 41.3 Å². The predicted molar refractivity (Wildman–Crippen MR) is 111 cm³/mol. The molecule has 0 bridgehead atoms. The third kappa shape index (κ3) is 5.24. The van der Waals surface area contributed by atoms with Gasteiger partial charge in [0.15, 0.2) is 0 Å². The monoisotopic (exact) mass is 425 g/mol. The molecule has 1 aliphatic rings. The molecule has 0 unspecified atom stereocenters. The summed E-state index contributed by atoms with van der Waals surface area (Å²) in [5.41, 5.74) is 0.781. The van der Waals surface area contributed by atoms with E-state index in [1.54, 1.807) is 17.8 Å². The number of ether oxygens (including phenoxy) is 2. The van der Waals surface area contributed by atoms with E-state index in [1.165, 1.54) is 4.90 Å². The summed E-state index contributed by atoms with van der Waals surface area (Å²) in [5, 5.41) is 3.90. The first-order chi connectivity index (χ1) is 12.8. The molecular weight excluding hydrogens is 405 g/mol. The smallest absolute Gasteiger partial charge is 0.412 e. The zero-order valence-corrected chi connectivity index (χ0v) is 17.5. The lowest BCUT2D eigenvalue weighted by atomic mass is 9.94. The third-order valence-electron chi connectivity index (χ3n) is 4.18. The number of benzene rings is 2. The molecular formula is C20H21Cl2NO3S. The standard InChI is InChI=1S/C20H21Cl2NO3S/c1-20(2)15-11-18(16(22)12-17(15)23-19(24)26-20)25-9-3-4-10-27-14-7-5-13(21)6-8-14/h5-8,11-12H,3-4,9-10H2,1-2H3,(H,23,24). The summed E-state index contributed by atoms with van der Waals surface area (Å²) in [6, 6.07) is 11.4. The number of thioether (sulfide) groups is 1. The number of carbonyl (C=O) groups is 1. The highest BCUT2D eigenvalue weighted by Crippen LogP contribution is 2.41. The predicted octanol–water partition coefficient (Wildman–Crippen LogP) is 6.74. The van der Waals surface area contributed by atoms with Crippen molar-refractivity contribution in [2.45, 2.75) is 37.2 Å². The molecule has 3 rings (SSSR count). The molecule has 0 saturated carbocycles. The van der Waals surface area contributed by atoms with Gasteiger partial charge in [-0.05, 0) is 68.8 Å². The van der Waals surface area contributed by atoms with Crippen LogP contribution in [-0.2, 0) is 10.3 Å². The van der Waals surface area contributed by atoms with Gasteiger partial charge in [-0.2, -0.15) is 0 Å². The largest absolute Gasteiger partial charge is 0.492 e. The lowest BCUT2D eigenvalue weighted by Gasteiger charge is -2.33. The van der Waals surface area contributed by atoms with Gasteiger partial charge < -0.3 is 9.47 Å². The number of cyclic esters (lactones) is 1. The van der Waals surface area contributed by atoms with Gasteiger partial charge >= 0.3 is 6.09 Å². The van der Waals surface area contributed by atoms with Gasteiger partial charge in [-0.25, -0.2) is 4.79 Å². The Morgan fingerprint density at radius 2 is 1.89 bits per heavy atom. The van der Waals surface area contributed by atoms with Crippen LogP contribution in [0.25, 0.3) is 0 Å². The number of rotatable bonds is 7. The molecule has 144 valence electrons. The SMILES string of the molecule is CC1(C)OC(=O)Nc2cc(Cl)c(OCCCCSc3ccc(Cl)cc3)cc21. The van der Waals surface area contributed by atoms with Crippen molar-refractivity contribution in [3.8, 4) is 5.75 Å². The molecule has 1 amide bonds. The fourth-order valence-corrected chi connectivity index (χ4v) is 4.05. The highest BCUT2D eigenvalue weighted by Gasteiger charge is 2.34. The van der Waals surface area contributed by atoms with E-state index in [9.17, 15) is 4.79 Å². The van der Waals surface area contributed by atoms with Crippen LogP contribution in [0.5, 0.6) is 5.75 Å². The Morgan fingerprint density at radius 1 is 1.15 bits per heavy atom. The maximum atomic E-state index is 11.6. The van der Waals surface area contributed by atoms with E-state index in [1.807, 2.05) is 44.2 Å². The van der Waals surface area contributed by atoms with Gasteiger partial charge in [-0.1, -0.05) is 23.2 Å². The summed E-state index contributed by atoms with van der Waals surface area (Å²) < 4.78 is 11.2. The Morgan fingerprint density at radius 3 is 2.63 bits per heavy atom. The normalized spacial score (nSPS) is 14.9. The van der Waals surface area contributed by atoms with E-state index >= 15 is 0 Å². The van der Waals surface area contributed by atoms with Crippen molar-refractivity contribution >= 4 is 46.7 Å². The van der Waals surface area contributed by atoms with Crippen LogP contribution in [-0.4, -0.2) is 18.5 Å². The second kappa shape index (κ2) is 8.63. The highest BCUT2D eigenvalue weighted by atomic mass is 35.5. The minimum Gasteiger partial charge on any atom is -0.492 e. The van der Waals surface area contributed by atoms with E-state index in [0.29, 0.717) is 23.1 Å². The maximum Gasteiger partial charge on any atom is 0.412 e. The Kier molecular flexibility index (Phi) is 6.45. The molecule has 2 aromatic carbocycles. The first-order valence-corrected chi connectivity index (χ1v) is 10.4. The molecule has 1 N–H and O–H groups in total. The number of carbonyl (C=O) groups excluding carboxylic acids is 1. The Bertz CT molecular complexity index is 825. The molecule has 1 heterocycles.